The molecule has 3 nitrogen and oxygen atoms in total. The van der Waals surface area contributed by atoms with Crippen molar-refractivity contribution in [3.63, 3.8) is 0 Å². The minimum Gasteiger partial charge on any atom is -0.339 e. The molecule has 1 N–H and O–H groups in total. The third-order valence-electron chi connectivity index (χ3n) is 4.32. The van der Waals surface area contributed by atoms with E-state index in [0.29, 0.717) is 0 Å². The van der Waals surface area contributed by atoms with Gasteiger partial charge in [-0.1, -0.05) is 12.1 Å². The van der Waals surface area contributed by atoms with Crippen LogP contribution < -0.4 is 5.32 Å². The van der Waals surface area contributed by atoms with Crippen molar-refractivity contribution in [2.24, 2.45) is 0 Å². The van der Waals surface area contributed by atoms with Gasteiger partial charge in [0, 0.05) is 10.6 Å². The number of nitrogens with zero attached hydrogens (tertiary/aromatic N) is 2. The van der Waals surface area contributed by atoms with E-state index in [1.165, 1.54) is 39.8 Å². The maximum Gasteiger partial charge on any atom is 0.143 e. The third-order valence-corrected chi connectivity index (χ3v) is 5.51. The Morgan fingerprint density at radius 2 is 1.95 bits per heavy atom. The molecule has 22 heavy (non-hydrogen) atoms. The number of hydrogen-bond acceptors (Lipinski definition) is 4. The number of aryl methyl sites for hydroxylation is 5. The number of hydrogen-bond donors (Lipinski definition) is 1. The van der Waals surface area contributed by atoms with Gasteiger partial charge < -0.3 is 5.32 Å². The van der Waals surface area contributed by atoms with Crippen LogP contribution in [0.25, 0.3) is 10.2 Å². The van der Waals surface area contributed by atoms with Gasteiger partial charge in [0.1, 0.15) is 16.5 Å². The molecular formula is C18H19N3S. The van der Waals surface area contributed by atoms with Gasteiger partial charge in [0.2, 0.25) is 0 Å². The predicted octanol–water partition coefficient (Wildman–Crippen LogP) is 4.85. The molecule has 1 aromatic carbocycles. The number of anilines is 2. The normalized spacial score (nSPS) is 13.6. The smallest absolute Gasteiger partial charge is 0.143 e. The van der Waals surface area contributed by atoms with Gasteiger partial charge in [0.05, 0.1) is 5.39 Å². The first-order valence-corrected chi connectivity index (χ1v) is 8.56. The summed E-state index contributed by atoms with van der Waals surface area (Å²) in [6.45, 7) is 6.22. The van der Waals surface area contributed by atoms with E-state index in [-0.39, 0.29) is 0 Å². The van der Waals surface area contributed by atoms with Gasteiger partial charge in [-0.3, -0.25) is 0 Å². The summed E-state index contributed by atoms with van der Waals surface area (Å²) < 4.78 is 0. The molecule has 4 heteroatoms. The molecule has 0 saturated carbocycles. The van der Waals surface area contributed by atoms with Crippen LogP contribution in [-0.2, 0) is 12.8 Å². The van der Waals surface area contributed by atoms with E-state index in [0.717, 1.165) is 28.6 Å². The van der Waals surface area contributed by atoms with Crippen molar-refractivity contribution >= 4 is 33.1 Å². The fraction of sp³-hybridized carbons (Fsp3) is 0.333. The van der Waals surface area contributed by atoms with Gasteiger partial charge in [0.25, 0.3) is 0 Å². The number of aromatic nitrogens is 2. The molecule has 0 radical (unpaired) electrons. The van der Waals surface area contributed by atoms with Crippen molar-refractivity contribution in [3.05, 3.63) is 45.6 Å². The fourth-order valence-electron chi connectivity index (χ4n) is 3.19. The van der Waals surface area contributed by atoms with Gasteiger partial charge in [0.15, 0.2) is 0 Å². The molecule has 2 aromatic heterocycles. The Bertz CT molecular complexity index is 880. The van der Waals surface area contributed by atoms with Crippen molar-refractivity contribution in [3.8, 4) is 0 Å². The summed E-state index contributed by atoms with van der Waals surface area (Å²) in [6, 6.07) is 6.48. The van der Waals surface area contributed by atoms with E-state index in [2.05, 4.69) is 42.3 Å². The monoisotopic (exact) mass is 309 g/mol. The molecule has 2 heterocycles. The van der Waals surface area contributed by atoms with E-state index < -0.39 is 0 Å². The van der Waals surface area contributed by atoms with Crippen molar-refractivity contribution < 1.29 is 0 Å². The molecule has 4 rings (SSSR count). The lowest BCUT2D eigenvalue weighted by Gasteiger charge is -2.12. The van der Waals surface area contributed by atoms with E-state index in [1.807, 2.05) is 18.3 Å². The minimum absolute atomic E-state index is 0.834. The standard InChI is InChI=1S/C18H19N3S/c1-10-7-8-11(2)14(9-10)21-17-16-13-5-4-6-15(13)22-18(16)20-12(3)19-17/h7-9H,4-6H2,1-3H3,(H,19,20,21). The van der Waals surface area contributed by atoms with Crippen LogP contribution in [0.5, 0.6) is 0 Å². The molecule has 1 aliphatic carbocycles. The molecule has 0 spiro atoms. The molecule has 112 valence electrons. The first-order chi connectivity index (χ1) is 10.6. The quantitative estimate of drug-likeness (QED) is 0.735. The van der Waals surface area contributed by atoms with Crippen molar-refractivity contribution in [1.29, 1.82) is 0 Å². The van der Waals surface area contributed by atoms with E-state index in [4.69, 9.17) is 4.98 Å². The Kier molecular flexibility index (Phi) is 3.15. The van der Waals surface area contributed by atoms with E-state index in [1.54, 1.807) is 0 Å². The molecule has 0 amide bonds. The lowest BCUT2D eigenvalue weighted by Crippen LogP contribution is -2.00. The molecule has 0 bridgehead atoms. The van der Waals surface area contributed by atoms with Crippen LogP contribution >= 0.6 is 11.3 Å². The Morgan fingerprint density at radius 3 is 2.82 bits per heavy atom. The molecule has 3 aromatic rings. The van der Waals surface area contributed by atoms with Crippen molar-refractivity contribution in [1.82, 2.24) is 9.97 Å². The first-order valence-electron chi connectivity index (χ1n) is 7.75. The zero-order valence-electron chi connectivity index (χ0n) is 13.2. The molecule has 0 aliphatic heterocycles. The van der Waals surface area contributed by atoms with E-state index >= 15 is 0 Å². The molecular weight excluding hydrogens is 290 g/mol. The van der Waals surface area contributed by atoms with Crippen molar-refractivity contribution in [2.45, 2.75) is 40.0 Å². The summed E-state index contributed by atoms with van der Waals surface area (Å²) in [4.78, 5) is 12.0. The zero-order valence-corrected chi connectivity index (χ0v) is 14.0. The zero-order chi connectivity index (χ0) is 15.3. The number of thiophene rings is 1. The number of nitrogens with one attached hydrogen (secondary N) is 1. The highest BCUT2D eigenvalue weighted by atomic mass is 32.1. The van der Waals surface area contributed by atoms with Crippen LogP contribution in [0.15, 0.2) is 18.2 Å². The molecule has 0 saturated heterocycles. The summed E-state index contributed by atoms with van der Waals surface area (Å²) in [7, 11) is 0. The maximum absolute atomic E-state index is 4.70. The summed E-state index contributed by atoms with van der Waals surface area (Å²) in [5.41, 5.74) is 5.10. The summed E-state index contributed by atoms with van der Waals surface area (Å²) in [6.07, 6.45) is 3.61. The van der Waals surface area contributed by atoms with Crippen LogP contribution in [0, 0.1) is 20.8 Å². The molecule has 1 aliphatic rings. The highest BCUT2D eigenvalue weighted by Crippen LogP contribution is 2.40. The Morgan fingerprint density at radius 1 is 1.09 bits per heavy atom. The van der Waals surface area contributed by atoms with Gasteiger partial charge >= 0.3 is 0 Å². The lowest BCUT2D eigenvalue weighted by molar-refractivity contribution is 0.917. The van der Waals surface area contributed by atoms with Gasteiger partial charge in [-0.05, 0) is 62.8 Å². The summed E-state index contributed by atoms with van der Waals surface area (Å²) in [5.74, 6) is 1.80. The second kappa shape index (κ2) is 5.06. The molecule has 0 atom stereocenters. The SMILES string of the molecule is Cc1ccc(C)c(Nc2nc(C)nc3sc4c(c23)CCC4)c1. The molecule has 0 fully saturated rings. The number of rotatable bonds is 2. The van der Waals surface area contributed by atoms with E-state index in [9.17, 15) is 0 Å². The Labute approximate surface area is 134 Å². The van der Waals surface area contributed by atoms with Gasteiger partial charge in [-0.2, -0.15) is 0 Å². The van der Waals surface area contributed by atoms with Crippen LogP contribution in [0.2, 0.25) is 0 Å². The highest BCUT2D eigenvalue weighted by Gasteiger charge is 2.22. The van der Waals surface area contributed by atoms with Crippen LogP contribution in [0.1, 0.15) is 33.8 Å². The van der Waals surface area contributed by atoms with Crippen LogP contribution in [0.4, 0.5) is 11.5 Å². The number of benzene rings is 1. The van der Waals surface area contributed by atoms with Gasteiger partial charge in [-0.25, -0.2) is 9.97 Å². The predicted molar refractivity (Wildman–Crippen MR) is 93.4 cm³/mol. The van der Waals surface area contributed by atoms with Gasteiger partial charge in [-0.15, -0.1) is 11.3 Å². The first kappa shape index (κ1) is 13.7. The second-order valence-corrected chi connectivity index (χ2v) is 7.18. The Hall–Kier alpha value is -1.94. The van der Waals surface area contributed by atoms with Crippen LogP contribution in [-0.4, -0.2) is 9.97 Å². The highest BCUT2D eigenvalue weighted by molar-refractivity contribution is 7.19. The fourth-order valence-corrected chi connectivity index (χ4v) is 4.50. The topological polar surface area (TPSA) is 37.8 Å². The maximum atomic E-state index is 4.70. The van der Waals surface area contributed by atoms with Crippen LogP contribution in [0.3, 0.4) is 0 Å². The second-order valence-electron chi connectivity index (χ2n) is 6.10. The Balaban J connectivity index is 1.89. The summed E-state index contributed by atoms with van der Waals surface area (Å²) in [5, 5.41) is 4.81. The lowest BCUT2D eigenvalue weighted by atomic mass is 10.1. The van der Waals surface area contributed by atoms with Crippen molar-refractivity contribution in [2.75, 3.05) is 5.32 Å². The average molecular weight is 309 g/mol. The number of fused-ring (bicyclic) bond motifs is 3. The molecule has 0 unspecified atom stereocenters. The summed E-state index contributed by atoms with van der Waals surface area (Å²) >= 11 is 1.84. The minimum atomic E-state index is 0.834. The third kappa shape index (κ3) is 2.18. The largest absolute Gasteiger partial charge is 0.339 e. The average Bonchev–Trinajstić information content (AvgIpc) is 3.02.